The van der Waals surface area contributed by atoms with Gasteiger partial charge < -0.3 is 14.5 Å². The van der Waals surface area contributed by atoms with E-state index in [1.165, 1.54) is 37.6 Å². The second kappa shape index (κ2) is 8.00. The lowest BCUT2D eigenvalue weighted by molar-refractivity contribution is 0.0845. The van der Waals surface area contributed by atoms with Crippen LogP contribution in [0.25, 0.3) is 0 Å². The number of amides is 2. The van der Waals surface area contributed by atoms with Crippen molar-refractivity contribution in [3.8, 4) is 11.5 Å². The number of hydrogen-bond donors (Lipinski definition) is 3. The Morgan fingerprint density at radius 1 is 1.08 bits per heavy atom. The van der Waals surface area contributed by atoms with Crippen LogP contribution in [0.15, 0.2) is 41.3 Å². The zero-order valence-corrected chi connectivity index (χ0v) is 14.1. The normalized spacial score (nSPS) is 10.2. The molecule has 0 saturated heterocycles. The third-order valence-electron chi connectivity index (χ3n) is 3.14. The molecule has 0 unspecified atom stereocenters. The lowest BCUT2D eigenvalue weighted by Gasteiger charge is -2.14. The Morgan fingerprint density at radius 3 is 2.44 bits per heavy atom. The van der Waals surface area contributed by atoms with Gasteiger partial charge in [-0.05, 0) is 44.2 Å². The molecule has 1 aromatic heterocycles. The first-order valence-electron chi connectivity index (χ1n) is 7.55. The molecule has 8 heteroatoms. The van der Waals surface area contributed by atoms with Crippen LogP contribution in [0.5, 0.6) is 11.5 Å². The van der Waals surface area contributed by atoms with Gasteiger partial charge in [0.25, 0.3) is 17.4 Å². The molecular weight excluding hydrogens is 326 g/mol. The van der Waals surface area contributed by atoms with E-state index in [2.05, 4.69) is 15.8 Å². The molecule has 8 nitrogen and oxygen atoms in total. The summed E-state index contributed by atoms with van der Waals surface area (Å²) >= 11 is 0. The average Bonchev–Trinajstić information content (AvgIpc) is 2.59. The topological polar surface area (TPSA) is 110 Å². The van der Waals surface area contributed by atoms with E-state index in [-0.39, 0.29) is 17.2 Å². The number of aromatic amines is 1. The number of ether oxygens (including phenoxy) is 2. The van der Waals surface area contributed by atoms with E-state index in [4.69, 9.17) is 9.47 Å². The van der Waals surface area contributed by atoms with Crippen LogP contribution in [0.4, 0.5) is 0 Å². The largest absolute Gasteiger partial charge is 0.493 e. The highest BCUT2D eigenvalue weighted by Crippen LogP contribution is 2.28. The van der Waals surface area contributed by atoms with Crippen molar-refractivity contribution in [1.29, 1.82) is 0 Å². The van der Waals surface area contributed by atoms with Crippen molar-refractivity contribution in [2.24, 2.45) is 0 Å². The SMILES string of the molecule is COc1cc(C(=O)NNC(=O)c2ccc[nH]c2=O)ccc1OC(C)C. The van der Waals surface area contributed by atoms with Crippen molar-refractivity contribution in [3.05, 3.63) is 58.0 Å². The van der Waals surface area contributed by atoms with E-state index in [0.29, 0.717) is 11.5 Å². The van der Waals surface area contributed by atoms with Gasteiger partial charge in [0.1, 0.15) is 5.56 Å². The first-order chi connectivity index (χ1) is 11.9. The van der Waals surface area contributed by atoms with Crippen LogP contribution in [0.2, 0.25) is 0 Å². The van der Waals surface area contributed by atoms with Gasteiger partial charge >= 0.3 is 0 Å². The van der Waals surface area contributed by atoms with Crippen LogP contribution >= 0.6 is 0 Å². The van der Waals surface area contributed by atoms with Gasteiger partial charge in [-0.2, -0.15) is 0 Å². The standard InChI is InChI=1S/C17H19N3O5/c1-10(2)25-13-7-6-11(9-14(13)24-3)15(21)19-20-17(23)12-5-4-8-18-16(12)22/h4-10H,1-3H3,(H,18,22)(H,19,21)(H,20,23). The van der Waals surface area contributed by atoms with Gasteiger partial charge in [0.2, 0.25) is 0 Å². The summed E-state index contributed by atoms with van der Waals surface area (Å²) < 4.78 is 10.8. The third kappa shape index (κ3) is 4.60. The molecular formula is C17H19N3O5. The number of aromatic nitrogens is 1. The van der Waals surface area contributed by atoms with Gasteiger partial charge in [-0.1, -0.05) is 0 Å². The van der Waals surface area contributed by atoms with E-state index in [1.807, 2.05) is 13.8 Å². The van der Waals surface area contributed by atoms with Crippen molar-refractivity contribution in [2.75, 3.05) is 7.11 Å². The first kappa shape index (κ1) is 18.1. The fraction of sp³-hybridized carbons (Fsp3) is 0.235. The van der Waals surface area contributed by atoms with Gasteiger partial charge in [-0.25, -0.2) is 0 Å². The molecule has 0 spiro atoms. The summed E-state index contributed by atoms with van der Waals surface area (Å²) in [6, 6.07) is 7.50. The maximum absolute atomic E-state index is 12.2. The number of hydrogen-bond acceptors (Lipinski definition) is 5. The predicted octanol–water partition coefficient (Wildman–Crippen LogP) is 1.25. The number of nitrogens with one attached hydrogen (secondary N) is 3. The van der Waals surface area contributed by atoms with Gasteiger partial charge in [-0.15, -0.1) is 0 Å². The highest BCUT2D eigenvalue weighted by atomic mass is 16.5. The highest BCUT2D eigenvalue weighted by Gasteiger charge is 2.14. The Labute approximate surface area is 144 Å². The Morgan fingerprint density at radius 2 is 1.80 bits per heavy atom. The second-order valence-corrected chi connectivity index (χ2v) is 5.35. The molecule has 0 fully saturated rings. The van der Waals surface area contributed by atoms with E-state index < -0.39 is 17.4 Å². The average molecular weight is 345 g/mol. The number of hydrazine groups is 1. The lowest BCUT2D eigenvalue weighted by atomic mass is 10.2. The number of carbonyl (C=O) groups excluding carboxylic acids is 2. The van der Waals surface area contributed by atoms with Crippen molar-refractivity contribution >= 4 is 11.8 Å². The van der Waals surface area contributed by atoms with Gasteiger partial charge in [-0.3, -0.25) is 25.2 Å². The van der Waals surface area contributed by atoms with Crippen LogP contribution in [0.1, 0.15) is 34.6 Å². The number of rotatable bonds is 5. The first-order valence-corrected chi connectivity index (χ1v) is 7.55. The van der Waals surface area contributed by atoms with Crippen molar-refractivity contribution in [3.63, 3.8) is 0 Å². The number of H-pyrrole nitrogens is 1. The molecule has 3 N–H and O–H groups in total. The summed E-state index contributed by atoms with van der Waals surface area (Å²) in [5.41, 5.74) is 4.04. The summed E-state index contributed by atoms with van der Waals surface area (Å²) in [7, 11) is 1.47. The molecule has 2 amide bonds. The van der Waals surface area contributed by atoms with E-state index in [1.54, 1.807) is 6.07 Å². The Balaban J connectivity index is 2.07. The van der Waals surface area contributed by atoms with E-state index >= 15 is 0 Å². The molecule has 2 rings (SSSR count). The molecule has 0 saturated carbocycles. The van der Waals surface area contributed by atoms with Crippen molar-refractivity contribution < 1.29 is 19.1 Å². The summed E-state index contributed by atoms with van der Waals surface area (Å²) in [5, 5.41) is 0. The van der Waals surface area contributed by atoms with Crippen LogP contribution < -0.4 is 25.9 Å². The Bertz CT molecular complexity index is 829. The smallest absolute Gasteiger partial charge is 0.275 e. The lowest BCUT2D eigenvalue weighted by Crippen LogP contribution is -2.43. The maximum Gasteiger partial charge on any atom is 0.275 e. The molecule has 0 aliphatic rings. The summed E-state index contributed by atoms with van der Waals surface area (Å²) in [6.07, 6.45) is 1.36. The highest BCUT2D eigenvalue weighted by molar-refractivity contribution is 5.99. The van der Waals surface area contributed by atoms with Crippen LogP contribution in [-0.4, -0.2) is 30.0 Å². The molecule has 0 aliphatic heterocycles. The molecule has 0 bridgehead atoms. The van der Waals surface area contributed by atoms with Gasteiger partial charge in [0.15, 0.2) is 11.5 Å². The minimum Gasteiger partial charge on any atom is -0.493 e. The quantitative estimate of drug-likeness (QED) is 0.707. The predicted molar refractivity (Wildman–Crippen MR) is 90.8 cm³/mol. The van der Waals surface area contributed by atoms with Gasteiger partial charge in [0, 0.05) is 11.8 Å². The Hall–Kier alpha value is -3.29. The van der Waals surface area contributed by atoms with E-state index in [9.17, 15) is 14.4 Å². The third-order valence-corrected chi connectivity index (χ3v) is 3.14. The van der Waals surface area contributed by atoms with Crippen LogP contribution in [0.3, 0.4) is 0 Å². The Kier molecular flexibility index (Phi) is 5.78. The summed E-state index contributed by atoms with van der Waals surface area (Å²) in [4.78, 5) is 38.0. The zero-order valence-electron chi connectivity index (χ0n) is 14.1. The van der Waals surface area contributed by atoms with Crippen LogP contribution in [0, 0.1) is 0 Å². The number of carbonyl (C=O) groups is 2. The van der Waals surface area contributed by atoms with Crippen molar-refractivity contribution in [2.45, 2.75) is 20.0 Å². The maximum atomic E-state index is 12.2. The molecule has 132 valence electrons. The fourth-order valence-electron chi connectivity index (χ4n) is 2.01. The summed E-state index contributed by atoms with van der Waals surface area (Å²) in [5.74, 6) is -0.377. The number of benzene rings is 1. The zero-order chi connectivity index (χ0) is 18.4. The molecule has 2 aromatic rings. The van der Waals surface area contributed by atoms with Crippen LogP contribution in [-0.2, 0) is 0 Å². The fourth-order valence-corrected chi connectivity index (χ4v) is 2.01. The monoisotopic (exact) mass is 345 g/mol. The molecule has 0 atom stereocenters. The number of methoxy groups -OCH3 is 1. The van der Waals surface area contributed by atoms with Crippen molar-refractivity contribution in [1.82, 2.24) is 15.8 Å². The molecule has 0 aliphatic carbocycles. The molecule has 25 heavy (non-hydrogen) atoms. The number of pyridine rings is 1. The second-order valence-electron chi connectivity index (χ2n) is 5.35. The summed E-state index contributed by atoms with van der Waals surface area (Å²) in [6.45, 7) is 3.75. The van der Waals surface area contributed by atoms with E-state index in [0.717, 1.165) is 0 Å². The molecule has 0 radical (unpaired) electrons. The molecule has 1 aromatic carbocycles. The minimum absolute atomic E-state index is 0.0446. The minimum atomic E-state index is -0.720. The van der Waals surface area contributed by atoms with Gasteiger partial charge in [0.05, 0.1) is 13.2 Å². The molecule has 1 heterocycles.